The minimum absolute atomic E-state index is 0.190. The second-order valence-corrected chi connectivity index (χ2v) is 7.69. The van der Waals surface area contributed by atoms with E-state index in [9.17, 15) is 4.79 Å². The number of likely N-dealkylation sites (tertiary alicyclic amines) is 2. The summed E-state index contributed by atoms with van der Waals surface area (Å²) in [6.45, 7) is 4.12. The third-order valence-electron chi connectivity index (χ3n) is 6.02. The first-order valence-corrected chi connectivity index (χ1v) is 9.29. The van der Waals surface area contributed by atoms with E-state index in [2.05, 4.69) is 35.0 Å². The van der Waals surface area contributed by atoms with Crippen molar-refractivity contribution in [3.63, 3.8) is 0 Å². The molecule has 2 heterocycles. The SMILES string of the molecule is CN1CCC2(CC1)CCN(C(=O)c1ccccc1-c1ccccc1)C2. The number of hydrogen-bond donors (Lipinski definition) is 0. The molecule has 0 aromatic heterocycles. The van der Waals surface area contributed by atoms with Crippen LogP contribution in [0.15, 0.2) is 54.6 Å². The van der Waals surface area contributed by atoms with E-state index < -0.39 is 0 Å². The Kier molecular flexibility index (Phi) is 4.34. The van der Waals surface area contributed by atoms with Crippen LogP contribution in [0.3, 0.4) is 0 Å². The number of rotatable bonds is 2. The van der Waals surface area contributed by atoms with Gasteiger partial charge >= 0.3 is 0 Å². The largest absolute Gasteiger partial charge is 0.338 e. The van der Waals surface area contributed by atoms with Gasteiger partial charge in [0.1, 0.15) is 0 Å². The van der Waals surface area contributed by atoms with E-state index in [-0.39, 0.29) is 5.91 Å². The van der Waals surface area contributed by atoms with Crippen LogP contribution in [0.1, 0.15) is 29.6 Å². The fourth-order valence-electron chi connectivity index (χ4n) is 4.32. The second kappa shape index (κ2) is 6.64. The van der Waals surface area contributed by atoms with E-state index in [1.165, 1.54) is 12.8 Å². The molecule has 0 unspecified atom stereocenters. The third-order valence-corrected chi connectivity index (χ3v) is 6.02. The van der Waals surface area contributed by atoms with E-state index in [1.807, 2.05) is 36.4 Å². The third kappa shape index (κ3) is 3.21. The van der Waals surface area contributed by atoms with Crippen LogP contribution in [-0.4, -0.2) is 48.9 Å². The van der Waals surface area contributed by atoms with E-state index in [1.54, 1.807) is 0 Å². The Hall–Kier alpha value is -2.13. The molecule has 2 saturated heterocycles. The average Bonchev–Trinajstić information content (AvgIpc) is 3.08. The summed E-state index contributed by atoms with van der Waals surface area (Å²) in [6.07, 6.45) is 3.58. The minimum atomic E-state index is 0.190. The molecule has 0 bridgehead atoms. The zero-order valence-electron chi connectivity index (χ0n) is 14.9. The predicted octanol–water partition coefficient (Wildman–Crippen LogP) is 3.91. The van der Waals surface area contributed by atoms with Gasteiger partial charge in [-0.15, -0.1) is 0 Å². The van der Waals surface area contributed by atoms with Crippen molar-refractivity contribution in [2.24, 2.45) is 5.41 Å². The van der Waals surface area contributed by atoms with Gasteiger partial charge in [-0.1, -0.05) is 48.5 Å². The van der Waals surface area contributed by atoms with Crippen molar-refractivity contribution in [3.8, 4) is 11.1 Å². The molecule has 1 spiro atoms. The van der Waals surface area contributed by atoms with Crippen LogP contribution in [-0.2, 0) is 0 Å². The number of amides is 1. The van der Waals surface area contributed by atoms with Crippen LogP contribution in [0, 0.1) is 5.41 Å². The van der Waals surface area contributed by atoms with Crippen LogP contribution in [0.5, 0.6) is 0 Å². The Labute approximate surface area is 150 Å². The van der Waals surface area contributed by atoms with Crippen LogP contribution < -0.4 is 0 Å². The number of carbonyl (C=O) groups excluding carboxylic acids is 1. The summed E-state index contributed by atoms with van der Waals surface area (Å²) in [5.74, 6) is 0.190. The highest BCUT2D eigenvalue weighted by Crippen LogP contribution is 2.40. The molecule has 2 aliphatic rings. The van der Waals surface area contributed by atoms with Crippen molar-refractivity contribution < 1.29 is 4.79 Å². The van der Waals surface area contributed by atoms with Gasteiger partial charge in [-0.3, -0.25) is 4.79 Å². The lowest BCUT2D eigenvalue weighted by Gasteiger charge is -2.37. The normalized spacial score (nSPS) is 20.1. The summed E-state index contributed by atoms with van der Waals surface area (Å²) in [4.78, 5) is 17.7. The molecule has 0 saturated carbocycles. The topological polar surface area (TPSA) is 23.6 Å². The maximum Gasteiger partial charge on any atom is 0.254 e. The van der Waals surface area contributed by atoms with Gasteiger partial charge in [0.2, 0.25) is 0 Å². The van der Waals surface area contributed by atoms with Gasteiger partial charge in [-0.25, -0.2) is 0 Å². The molecule has 4 rings (SSSR count). The van der Waals surface area contributed by atoms with E-state index in [0.29, 0.717) is 5.41 Å². The highest BCUT2D eigenvalue weighted by Gasteiger charge is 2.41. The lowest BCUT2D eigenvalue weighted by Crippen LogP contribution is -2.40. The average molecular weight is 334 g/mol. The smallest absolute Gasteiger partial charge is 0.254 e. The quantitative estimate of drug-likeness (QED) is 0.831. The van der Waals surface area contributed by atoms with Crippen LogP contribution in [0.2, 0.25) is 0 Å². The first-order chi connectivity index (χ1) is 12.2. The van der Waals surface area contributed by atoms with Crippen molar-refractivity contribution in [3.05, 3.63) is 60.2 Å². The highest BCUT2D eigenvalue weighted by molar-refractivity contribution is 6.01. The van der Waals surface area contributed by atoms with Gasteiger partial charge in [0.15, 0.2) is 0 Å². The maximum absolute atomic E-state index is 13.2. The first-order valence-electron chi connectivity index (χ1n) is 9.29. The minimum Gasteiger partial charge on any atom is -0.338 e. The Morgan fingerprint density at radius 3 is 2.28 bits per heavy atom. The van der Waals surface area contributed by atoms with Crippen molar-refractivity contribution in [1.82, 2.24) is 9.80 Å². The molecule has 3 heteroatoms. The molecule has 130 valence electrons. The Bertz CT molecular complexity index is 748. The Balaban J connectivity index is 1.57. The van der Waals surface area contributed by atoms with Crippen LogP contribution >= 0.6 is 0 Å². The van der Waals surface area contributed by atoms with Gasteiger partial charge in [0, 0.05) is 18.7 Å². The van der Waals surface area contributed by atoms with Crippen molar-refractivity contribution in [2.75, 3.05) is 33.2 Å². The summed E-state index contributed by atoms with van der Waals surface area (Å²) in [7, 11) is 2.20. The van der Waals surface area contributed by atoms with Gasteiger partial charge in [0.05, 0.1) is 0 Å². The second-order valence-electron chi connectivity index (χ2n) is 7.69. The number of carbonyl (C=O) groups is 1. The molecule has 1 amide bonds. The fourth-order valence-corrected chi connectivity index (χ4v) is 4.32. The number of hydrogen-bond acceptors (Lipinski definition) is 2. The van der Waals surface area contributed by atoms with Gasteiger partial charge in [0.25, 0.3) is 5.91 Å². The molecule has 3 nitrogen and oxygen atoms in total. The Morgan fingerprint density at radius 2 is 1.52 bits per heavy atom. The van der Waals surface area contributed by atoms with Crippen molar-refractivity contribution in [2.45, 2.75) is 19.3 Å². The summed E-state index contributed by atoms with van der Waals surface area (Å²) < 4.78 is 0. The number of nitrogens with zero attached hydrogens (tertiary/aromatic N) is 2. The molecule has 0 radical (unpaired) electrons. The molecule has 2 fully saturated rings. The van der Waals surface area contributed by atoms with Gasteiger partial charge in [-0.2, -0.15) is 0 Å². The zero-order valence-corrected chi connectivity index (χ0v) is 14.9. The standard InChI is InChI=1S/C22H26N2O/c1-23-14-11-22(12-15-23)13-16-24(17-22)21(25)20-10-6-5-9-19(20)18-7-3-2-4-8-18/h2-10H,11-17H2,1H3. The Morgan fingerprint density at radius 1 is 0.880 bits per heavy atom. The summed E-state index contributed by atoms with van der Waals surface area (Å²) >= 11 is 0. The zero-order chi connectivity index (χ0) is 17.3. The molecule has 2 aromatic carbocycles. The molecule has 25 heavy (non-hydrogen) atoms. The molecule has 2 aromatic rings. The lowest BCUT2D eigenvalue weighted by atomic mass is 9.78. The number of piperidine rings is 1. The summed E-state index contributed by atoms with van der Waals surface area (Å²) in [6, 6.07) is 18.2. The van der Waals surface area contributed by atoms with E-state index >= 15 is 0 Å². The fraction of sp³-hybridized carbons (Fsp3) is 0.409. The lowest BCUT2D eigenvalue weighted by molar-refractivity contribution is 0.0737. The first kappa shape index (κ1) is 16.3. The van der Waals surface area contributed by atoms with Crippen LogP contribution in [0.4, 0.5) is 0 Å². The van der Waals surface area contributed by atoms with Gasteiger partial charge in [-0.05, 0) is 62.0 Å². The molecule has 2 aliphatic heterocycles. The summed E-state index contributed by atoms with van der Waals surface area (Å²) in [5.41, 5.74) is 3.33. The monoisotopic (exact) mass is 334 g/mol. The predicted molar refractivity (Wildman–Crippen MR) is 102 cm³/mol. The van der Waals surface area contributed by atoms with E-state index in [0.717, 1.165) is 49.3 Å². The number of benzene rings is 2. The van der Waals surface area contributed by atoms with Crippen molar-refractivity contribution >= 4 is 5.91 Å². The molecular weight excluding hydrogens is 308 g/mol. The molecule has 0 aliphatic carbocycles. The van der Waals surface area contributed by atoms with E-state index in [4.69, 9.17) is 0 Å². The molecule has 0 N–H and O–H groups in total. The summed E-state index contributed by atoms with van der Waals surface area (Å²) in [5, 5.41) is 0. The molecular formula is C22H26N2O. The van der Waals surface area contributed by atoms with Crippen LogP contribution in [0.25, 0.3) is 11.1 Å². The highest BCUT2D eigenvalue weighted by atomic mass is 16.2. The molecule has 0 atom stereocenters. The van der Waals surface area contributed by atoms with Gasteiger partial charge < -0.3 is 9.80 Å². The maximum atomic E-state index is 13.2. The van der Waals surface area contributed by atoms with Crippen molar-refractivity contribution in [1.29, 1.82) is 0 Å².